The van der Waals surface area contributed by atoms with Crippen LogP contribution in [0.1, 0.15) is 44.1 Å². The van der Waals surface area contributed by atoms with E-state index in [4.69, 9.17) is 0 Å². The highest BCUT2D eigenvalue weighted by molar-refractivity contribution is 5.91. The van der Waals surface area contributed by atoms with Crippen molar-refractivity contribution < 1.29 is 9.90 Å². The summed E-state index contributed by atoms with van der Waals surface area (Å²) in [5, 5.41) is 12.8. The molecule has 1 aromatic rings. The van der Waals surface area contributed by atoms with Gasteiger partial charge in [-0.2, -0.15) is 0 Å². The first kappa shape index (κ1) is 14.6. The minimum absolute atomic E-state index is 0.217. The van der Waals surface area contributed by atoms with Gasteiger partial charge in [0, 0.05) is 18.9 Å². The van der Waals surface area contributed by atoms with Crippen LogP contribution in [0.3, 0.4) is 0 Å². The smallest absolute Gasteiger partial charge is 0.271 e. The summed E-state index contributed by atoms with van der Waals surface area (Å²) >= 11 is 0. The minimum atomic E-state index is -0.887. The molecule has 5 nitrogen and oxygen atoms in total. The zero-order chi connectivity index (χ0) is 13.6. The Kier molecular flexibility index (Phi) is 5.22. The summed E-state index contributed by atoms with van der Waals surface area (Å²) in [4.78, 5) is 19.4. The van der Waals surface area contributed by atoms with Gasteiger partial charge in [-0.3, -0.25) is 9.78 Å². The average Bonchev–Trinajstić information content (AvgIpc) is 2.35. The Balaban J connectivity index is 2.42. The molecular formula is C13H21N3O2. The highest BCUT2D eigenvalue weighted by Gasteiger charge is 2.21. The zero-order valence-electron chi connectivity index (χ0n) is 11.2. The summed E-state index contributed by atoms with van der Waals surface area (Å²) in [5.74, 6) is 0.222. The molecule has 18 heavy (non-hydrogen) atoms. The molecule has 5 heteroatoms. The molecule has 0 aliphatic rings. The number of nitrogens with zero attached hydrogens (tertiary/aromatic N) is 2. The van der Waals surface area contributed by atoms with Crippen LogP contribution in [-0.4, -0.2) is 33.1 Å². The first-order chi connectivity index (χ1) is 8.41. The van der Waals surface area contributed by atoms with E-state index in [1.807, 2.05) is 0 Å². The van der Waals surface area contributed by atoms with Crippen LogP contribution in [-0.2, 0) is 0 Å². The lowest BCUT2D eigenvalue weighted by molar-refractivity contribution is 0.0428. The summed E-state index contributed by atoms with van der Waals surface area (Å²) in [6, 6.07) is 0. The van der Waals surface area contributed by atoms with E-state index in [9.17, 15) is 9.90 Å². The number of aliphatic hydroxyl groups is 1. The summed E-state index contributed by atoms with van der Waals surface area (Å²) in [5.41, 5.74) is -0.626. The van der Waals surface area contributed by atoms with Crippen LogP contribution in [0.4, 0.5) is 0 Å². The number of hydrogen-bond acceptors (Lipinski definition) is 4. The topological polar surface area (TPSA) is 75.1 Å². The molecule has 0 aliphatic carbocycles. The van der Waals surface area contributed by atoms with Crippen molar-refractivity contribution in [3.05, 3.63) is 24.3 Å². The van der Waals surface area contributed by atoms with Crippen LogP contribution >= 0.6 is 0 Å². The molecular weight excluding hydrogens is 230 g/mol. The molecule has 2 N–H and O–H groups in total. The Hall–Kier alpha value is -1.49. The van der Waals surface area contributed by atoms with E-state index >= 15 is 0 Å². The maximum absolute atomic E-state index is 11.7. The van der Waals surface area contributed by atoms with Crippen LogP contribution in [0.25, 0.3) is 0 Å². The molecule has 0 spiro atoms. The third-order valence-electron chi connectivity index (χ3n) is 2.69. The van der Waals surface area contributed by atoms with Gasteiger partial charge in [0.25, 0.3) is 5.91 Å². The van der Waals surface area contributed by atoms with Gasteiger partial charge in [0.05, 0.1) is 11.8 Å². The Morgan fingerprint density at radius 3 is 2.78 bits per heavy atom. The molecule has 0 radical (unpaired) electrons. The van der Waals surface area contributed by atoms with Crippen molar-refractivity contribution in [3.63, 3.8) is 0 Å². The maximum Gasteiger partial charge on any atom is 0.271 e. The van der Waals surface area contributed by atoms with Gasteiger partial charge in [-0.15, -0.1) is 0 Å². The van der Waals surface area contributed by atoms with Gasteiger partial charge in [-0.05, 0) is 25.7 Å². The number of carbonyl (C=O) groups is 1. The van der Waals surface area contributed by atoms with Crippen LogP contribution in [0.5, 0.6) is 0 Å². The average molecular weight is 251 g/mol. The van der Waals surface area contributed by atoms with Crippen LogP contribution in [0.2, 0.25) is 0 Å². The van der Waals surface area contributed by atoms with Gasteiger partial charge in [0.15, 0.2) is 0 Å². The number of hydrogen-bond donors (Lipinski definition) is 2. The second-order valence-corrected chi connectivity index (χ2v) is 5.20. The molecule has 0 saturated carbocycles. The predicted octanol–water partition coefficient (Wildman–Crippen LogP) is 1.39. The zero-order valence-corrected chi connectivity index (χ0v) is 11.2. The number of aromatic nitrogens is 2. The molecule has 0 fully saturated rings. The Labute approximate surface area is 108 Å². The fourth-order valence-corrected chi connectivity index (χ4v) is 1.47. The van der Waals surface area contributed by atoms with E-state index in [-0.39, 0.29) is 18.1 Å². The van der Waals surface area contributed by atoms with Crippen LogP contribution < -0.4 is 5.32 Å². The van der Waals surface area contributed by atoms with Gasteiger partial charge in [0.2, 0.25) is 0 Å². The second-order valence-electron chi connectivity index (χ2n) is 5.20. The van der Waals surface area contributed by atoms with Gasteiger partial charge < -0.3 is 10.4 Å². The summed E-state index contributed by atoms with van der Waals surface area (Å²) in [6.45, 7) is 6.16. The first-order valence-electron chi connectivity index (χ1n) is 6.17. The molecule has 0 aromatic carbocycles. The summed E-state index contributed by atoms with van der Waals surface area (Å²) in [6.07, 6.45) is 5.96. The molecule has 0 bridgehead atoms. The van der Waals surface area contributed by atoms with E-state index in [1.54, 1.807) is 6.92 Å². The number of amides is 1. The molecule has 1 aromatic heterocycles. The fraction of sp³-hybridized carbons (Fsp3) is 0.615. The lowest BCUT2D eigenvalue weighted by Gasteiger charge is -2.24. The number of rotatable bonds is 6. The predicted molar refractivity (Wildman–Crippen MR) is 69.1 cm³/mol. The molecule has 0 saturated heterocycles. The van der Waals surface area contributed by atoms with Gasteiger partial charge in [-0.25, -0.2) is 4.98 Å². The first-order valence-corrected chi connectivity index (χ1v) is 6.17. The second kappa shape index (κ2) is 6.44. The third kappa shape index (κ3) is 5.23. The Morgan fingerprint density at radius 2 is 2.22 bits per heavy atom. The maximum atomic E-state index is 11.7. The largest absolute Gasteiger partial charge is 0.388 e. The lowest BCUT2D eigenvalue weighted by atomic mass is 9.95. The normalized spacial score (nSPS) is 14.3. The summed E-state index contributed by atoms with van der Waals surface area (Å²) in [7, 11) is 0. The van der Waals surface area contributed by atoms with E-state index in [0.717, 1.165) is 6.42 Å². The molecule has 1 heterocycles. The molecule has 1 amide bonds. The molecule has 100 valence electrons. The SMILES string of the molecule is CC(C)CCC(C)(O)CNC(=O)c1cnccn1. The Morgan fingerprint density at radius 1 is 1.50 bits per heavy atom. The standard InChI is InChI=1S/C13H21N3O2/c1-10(2)4-5-13(3,18)9-16-12(17)11-8-14-6-7-15-11/h6-8,10,18H,4-5,9H2,1-3H3,(H,16,17). The molecule has 1 rings (SSSR count). The lowest BCUT2D eigenvalue weighted by Crippen LogP contribution is -2.41. The highest BCUT2D eigenvalue weighted by Crippen LogP contribution is 2.15. The quantitative estimate of drug-likeness (QED) is 0.801. The van der Waals surface area contributed by atoms with Gasteiger partial charge >= 0.3 is 0 Å². The van der Waals surface area contributed by atoms with Crippen LogP contribution in [0, 0.1) is 5.92 Å². The van der Waals surface area contributed by atoms with Crippen molar-refractivity contribution in [1.82, 2.24) is 15.3 Å². The fourth-order valence-electron chi connectivity index (χ4n) is 1.47. The van der Waals surface area contributed by atoms with E-state index in [1.165, 1.54) is 18.6 Å². The molecule has 0 aliphatic heterocycles. The van der Waals surface area contributed by atoms with Gasteiger partial charge in [-0.1, -0.05) is 13.8 Å². The van der Waals surface area contributed by atoms with Gasteiger partial charge in [0.1, 0.15) is 5.69 Å². The van der Waals surface area contributed by atoms with E-state index in [0.29, 0.717) is 12.3 Å². The van der Waals surface area contributed by atoms with Crippen LogP contribution in [0.15, 0.2) is 18.6 Å². The number of nitrogens with one attached hydrogen (secondary N) is 1. The van der Waals surface area contributed by atoms with Crippen molar-refractivity contribution in [3.8, 4) is 0 Å². The number of carbonyl (C=O) groups excluding carboxylic acids is 1. The van der Waals surface area contributed by atoms with Crippen molar-refractivity contribution in [2.45, 2.75) is 39.2 Å². The van der Waals surface area contributed by atoms with Crippen molar-refractivity contribution >= 4 is 5.91 Å². The third-order valence-corrected chi connectivity index (χ3v) is 2.69. The minimum Gasteiger partial charge on any atom is -0.388 e. The highest BCUT2D eigenvalue weighted by atomic mass is 16.3. The van der Waals surface area contributed by atoms with Crippen molar-refractivity contribution in [2.24, 2.45) is 5.92 Å². The van der Waals surface area contributed by atoms with E-state index < -0.39 is 5.60 Å². The summed E-state index contributed by atoms with van der Waals surface area (Å²) < 4.78 is 0. The Bertz CT molecular complexity index is 377. The molecule has 1 atom stereocenters. The van der Waals surface area contributed by atoms with E-state index in [2.05, 4.69) is 29.1 Å². The van der Waals surface area contributed by atoms with Crippen molar-refractivity contribution in [1.29, 1.82) is 0 Å². The monoisotopic (exact) mass is 251 g/mol. The molecule has 1 unspecified atom stereocenters. The van der Waals surface area contributed by atoms with Crippen molar-refractivity contribution in [2.75, 3.05) is 6.54 Å².